The van der Waals surface area contributed by atoms with Gasteiger partial charge in [-0.15, -0.1) is 0 Å². The highest BCUT2D eigenvalue weighted by atomic mass is 19.1. The number of para-hydroxylation sites is 1. The smallest absolute Gasteiger partial charge is 0.127 e. The Morgan fingerprint density at radius 2 is 1.95 bits per heavy atom. The molecule has 1 heterocycles. The van der Waals surface area contributed by atoms with E-state index in [1.807, 2.05) is 24.3 Å². The Hall–Kier alpha value is -2.80. The van der Waals surface area contributed by atoms with E-state index in [9.17, 15) is 9.65 Å². The summed E-state index contributed by atoms with van der Waals surface area (Å²) < 4.78 is 13.1. The molecule has 0 bridgehead atoms. The third-order valence-corrected chi connectivity index (χ3v) is 2.91. The highest BCUT2D eigenvalue weighted by Gasteiger charge is 2.10. The predicted octanol–water partition coefficient (Wildman–Crippen LogP) is 3.92. The molecule has 0 aliphatic rings. The fourth-order valence-electron chi connectivity index (χ4n) is 2.06. The minimum Gasteiger partial charge on any atom is -0.341 e. The summed E-state index contributed by atoms with van der Waals surface area (Å²) in [5.41, 5.74) is 2.00. The average molecular weight is 251 g/mol. The molecule has 3 rings (SSSR count). The molecule has 1 aromatic heterocycles. The molecule has 4 heteroatoms. The van der Waals surface area contributed by atoms with Crippen LogP contribution in [0.5, 0.6) is 0 Å². The monoisotopic (exact) mass is 251 g/mol. The molecule has 0 aliphatic carbocycles. The Kier molecular flexibility index (Phi) is 2.66. The molecule has 0 radical (unpaired) electrons. The van der Waals surface area contributed by atoms with Crippen LogP contribution in [-0.4, -0.2) is 4.98 Å². The molecule has 92 valence electrons. The first-order valence-electron chi connectivity index (χ1n) is 5.81. The number of nitriles is 1. The van der Waals surface area contributed by atoms with E-state index in [-0.39, 0.29) is 5.82 Å². The molecule has 19 heavy (non-hydrogen) atoms. The maximum absolute atomic E-state index is 13.1. The lowest BCUT2D eigenvalue weighted by Crippen LogP contribution is -1.93. The van der Waals surface area contributed by atoms with Gasteiger partial charge in [0.2, 0.25) is 0 Å². The summed E-state index contributed by atoms with van der Waals surface area (Å²) in [7, 11) is 0. The maximum atomic E-state index is 13.1. The summed E-state index contributed by atoms with van der Waals surface area (Å²) in [6.45, 7) is 0. The molecular formula is C15H10FN3. The number of nitrogens with zero attached hydrogens (tertiary/aromatic N) is 1. The van der Waals surface area contributed by atoms with Crippen molar-refractivity contribution in [2.75, 3.05) is 5.32 Å². The lowest BCUT2D eigenvalue weighted by Gasteiger charge is -2.04. The van der Waals surface area contributed by atoms with E-state index >= 15 is 0 Å². The number of hydrogen-bond acceptors (Lipinski definition) is 2. The van der Waals surface area contributed by atoms with Gasteiger partial charge < -0.3 is 10.3 Å². The fourth-order valence-corrected chi connectivity index (χ4v) is 2.06. The Balaban J connectivity index is 2.08. The Bertz CT molecular complexity index is 783. The Labute approximate surface area is 109 Å². The van der Waals surface area contributed by atoms with Crippen LogP contribution in [0.25, 0.3) is 10.9 Å². The van der Waals surface area contributed by atoms with Gasteiger partial charge in [-0.2, -0.15) is 5.26 Å². The summed E-state index contributed by atoms with van der Waals surface area (Å²) in [5.74, 6) is 0.258. The second-order valence-electron chi connectivity index (χ2n) is 4.17. The third-order valence-electron chi connectivity index (χ3n) is 2.91. The van der Waals surface area contributed by atoms with Crippen LogP contribution in [0.4, 0.5) is 15.9 Å². The number of fused-ring (bicyclic) bond motifs is 1. The first-order chi connectivity index (χ1) is 9.28. The zero-order chi connectivity index (χ0) is 13.2. The van der Waals surface area contributed by atoms with E-state index < -0.39 is 0 Å². The average Bonchev–Trinajstić information content (AvgIpc) is 2.75. The van der Waals surface area contributed by atoms with Gasteiger partial charge >= 0.3 is 0 Å². The lowest BCUT2D eigenvalue weighted by molar-refractivity contribution is 0.628. The zero-order valence-corrected chi connectivity index (χ0v) is 9.94. The number of benzene rings is 2. The molecule has 3 nitrogen and oxygen atoms in total. The number of rotatable bonds is 2. The molecule has 0 atom stereocenters. The van der Waals surface area contributed by atoms with Gasteiger partial charge in [0.05, 0.1) is 0 Å². The number of anilines is 2. The molecule has 0 amide bonds. The second-order valence-corrected chi connectivity index (χ2v) is 4.17. The van der Waals surface area contributed by atoms with Gasteiger partial charge in [-0.3, -0.25) is 0 Å². The van der Waals surface area contributed by atoms with Crippen molar-refractivity contribution < 1.29 is 4.39 Å². The number of H-pyrrole nitrogens is 1. The van der Waals surface area contributed by atoms with E-state index in [2.05, 4.69) is 16.4 Å². The molecule has 0 spiro atoms. The van der Waals surface area contributed by atoms with Crippen molar-refractivity contribution in [3.8, 4) is 6.07 Å². The normalized spacial score (nSPS) is 10.3. The quantitative estimate of drug-likeness (QED) is 0.725. The summed E-state index contributed by atoms with van der Waals surface area (Å²) >= 11 is 0. The fraction of sp³-hybridized carbons (Fsp3) is 0. The molecule has 0 saturated heterocycles. The highest BCUT2D eigenvalue weighted by molar-refractivity contribution is 5.92. The Morgan fingerprint density at radius 1 is 1.11 bits per heavy atom. The van der Waals surface area contributed by atoms with Crippen molar-refractivity contribution in [2.24, 2.45) is 0 Å². The molecule has 0 unspecified atom stereocenters. The van der Waals surface area contributed by atoms with Crippen LogP contribution in [0.1, 0.15) is 5.56 Å². The second kappa shape index (κ2) is 4.46. The first kappa shape index (κ1) is 11.3. The maximum Gasteiger partial charge on any atom is 0.127 e. The van der Waals surface area contributed by atoms with Crippen LogP contribution in [0.3, 0.4) is 0 Å². The number of aromatic amines is 1. The third kappa shape index (κ3) is 2.02. The Morgan fingerprint density at radius 3 is 2.74 bits per heavy atom. The summed E-state index contributed by atoms with van der Waals surface area (Å²) in [5, 5.41) is 13.1. The van der Waals surface area contributed by atoms with Crippen LogP contribution in [0.2, 0.25) is 0 Å². The first-order valence-corrected chi connectivity index (χ1v) is 5.81. The molecule has 0 aliphatic heterocycles. The largest absolute Gasteiger partial charge is 0.341 e. The topological polar surface area (TPSA) is 51.6 Å². The number of aromatic nitrogens is 1. The van der Waals surface area contributed by atoms with Crippen LogP contribution in [0.15, 0.2) is 48.5 Å². The van der Waals surface area contributed by atoms with Gasteiger partial charge in [-0.25, -0.2) is 4.39 Å². The number of hydrogen-bond donors (Lipinski definition) is 2. The molecular weight excluding hydrogens is 241 g/mol. The van der Waals surface area contributed by atoms with E-state index in [0.717, 1.165) is 10.9 Å². The molecule has 2 N–H and O–H groups in total. The van der Waals surface area contributed by atoms with Crippen molar-refractivity contribution in [2.45, 2.75) is 0 Å². The van der Waals surface area contributed by atoms with Gasteiger partial charge in [0.15, 0.2) is 0 Å². The van der Waals surface area contributed by atoms with Crippen LogP contribution >= 0.6 is 0 Å². The summed E-state index contributed by atoms with van der Waals surface area (Å²) in [6, 6.07) is 15.8. The van der Waals surface area contributed by atoms with Crippen LogP contribution in [0, 0.1) is 17.1 Å². The molecule has 0 saturated carbocycles. The minimum atomic E-state index is -0.320. The summed E-state index contributed by atoms with van der Waals surface area (Å²) in [6.07, 6.45) is 0. The lowest BCUT2D eigenvalue weighted by atomic mass is 10.2. The number of halogens is 1. The van der Waals surface area contributed by atoms with Gasteiger partial charge in [0.25, 0.3) is 0 Å². The van der Waals surface area contributed by atoms with Crippen molar-refractivity contribution >= 4 is 22.4 Å². The zero-order valence-electron chi connectivity index (χ0n) is 9.94. The van der Waals surface area contributed by atoms with E-state index in [0.29, 0.717) is 17.1 Å². The van der Waals surface area contributed by atoms with Gasteiger partial charge in [0, 0.05) is 16.6 Å². The van der Waals surface area contributed by atoms with E-state index in [1.54, 1.807) is 12.1 Å². The number of nitrogens with one attached hydrogen (secondary N) is 2. The predicted molar refractivity (Wildman–Crippen MR) is 72.7 cm³/mol. The molecule has 0 fully saturated rings. The van der Waals surface area contributed by atoms with Gasteiger partial charge in [-0.05, 0) is 24.3 Å². The molecule has 2 aromatic carbocycles. The van der Waals surface area contributed by atoms with Crippen LogP contribution < -0.4 is 5.32 Å². The van der Waals surface area contributed by atoms with Gasteiger partial charge in [-0.1, -0.05) is 24.3 Å². The van der Waals surface area contributed by atoms with Crippen molar-refractivity contribution in [3.05, 3.63) is 59.9 Å². The summed E-state index contributed by atoms with van der Waals surface area (Å²) in [4.78, 5) is 3.13. The van der Waals surface area contributed by atoms with E-state index in [4.69, 9.17) is 0 Å². The van der Waals surface area contributed by atoms with E-state index in [1.165, 1.54) is 12.1 Å². The standard InChI is InChI=1S/C15H10FN3/c16-10-4-3-5-11(8-10)18-15-13(9-17)12-6-1-2-7-14(12)19-15/h1-8,18-19H. The van der Waals surface area contributed by atoms with Gasteiger partial charge in [0.1, 0.15) is 23.3 Å². The minimum absolute atomic E-state index is 0.320. The highest BCUT2D eigenvalue weighted by Crippen LogP contribution is 2.27. The van der Waals surface area contributed by atoms with Crippen molar-refractivity contribution in [1.29, 1.82) is 5.26 Å². The van der Waals surface area contributed by atoms with Crippen molar-refractivity contribution in [1.82, 2.24) is 4.98 Å². The van der Waals surface area contributed by atoms with Crippen LogP contribution in [-0.2, 0) is 0 Å². The SMILES string of the molecule is N#Cc1c(Nc2cccc(F)c2)[nH]c2ccccc12. The molecule has 3 aromatic rings. The van der Waals surface area contributed by atoms with Crippen molar-refractivity contribution in [3.63, 3.8) is 0 Å².